The topological polar surface area (TPSA) is 52.0 Å². The van der Waals surface area contributed by atoms with E-state index in [0.717, 1.165) is 43.1 Å². The maximum absolute atomic E-state index is 5.49. The zero-order valence-electron chi connectivity index (χ0n) is 11.7. The van der Waals surface area contributed by atoms with Crippen LogP contribution in [0.5, 0.6) is 0 Å². The number of benzene rings is 1. The molecule has 3 rings (SSSR count). The molecule has 1 aromatic carbocycles. The highest BCUT2D eigenvalue weighted by Crippen LogP contribution is 2.20. The number of aromatic nitrogens is 3. The van der Waals surface area contributed by atoms with E-state index >= 15 is 0 Å². The van der Waals surface area contributed by atoms with E-state index in [-0.39, 0.29) is 0 Å². The number of anilines is 1. The van der Waals surface area contributed by atoms with Crippen LogP contribution in [0.25, 0.3) is 11.4 Å². The summed E-state index contributed by atoms with van der Waals surface area (Å²) in [6.45, 7) is 1.75. The molecular formula is C15H20N4O. The van der Waals surface area contributed by atoms with Gasteiger partial charge in [-0.3, -0.25) is 0 Å². The van der Waals surface area contributed by atoms with Gasteiger partial charge in [0.1, 0.15) is 6.33 Å². The first kappa shape index (κ1) is 13.1. The quantitative estimate of drug-likeness (QED) is 0.932. The summed E-state index contributed by atoms with van der Waals surface area (Å²) in [4.78, 5) is 0. The minimum Gasteiger partial charge on any atom is -0.382 e. The molecule has 5 heteroatoms. The number of nitrogens with one attached hydrogen (secondary N) is 1. The van der Waals surface area contributed by atoms with Crippen LogP contribution in [0, 0.1) is 0 Å². The lowest BCUT2D eigenvalue weighted by atomic mass is 10.1. The van der Waals surface area contributed by atoms with Gasteiger partial charge in [0.15, 0.2) is 5.82 Å². The van der Waals surface area contributed by atoms with Crippen LogP contribution in [0.4, 0.5) is 5.69 Å². The van der Waals surface area contributed by atoms with Gasteiger partial charge in [-0.05, 0) is 43.5 Å². The van der Waals surface area contributed by atoms with Gasteiger partial charge in [0.2, 0.25) is 0 Å². The minimum absolute atomic E-state index is 0.512. The lowest BCUT2D eigenvalue weighted by Gasteiger charge is -2.17. The van der Waals surface area contributed by atoms with Gasteiger partial charge in [0, 0.05) is 37.6 Å². The van der Waals surface area contributed by atoms with Crippen molar-refractivity contribution < 1.29 is 4.74 Å². The van der Waals surface area contributed by atoms with E-state index in [2.05, 4.69) is 39.8 Å². The number of hydrogen-bond donors (Lipinski definition) is 1. The minimum atomic E-state index is 0.512. The van der Waals surface area contributed by atoms with Crippen LogP contribution in [-0.4, -0.2) is 34.0 Å². The van der Waals surface area contributed by atoms with Gasteiger partial charge in [-0.1, -0.05) is 0 Å². The predicted octanol–water partition coefficient (Wildman–Crippen LogP) is 2.46. The Morgan fingerprint density at radius 2 is 2.05 bits per heavy atom. The Morgan fingerprint density at radius 1 is 1.20 bits per heavy atom. The Morgan fingerprint density at radius 3 is 2.80 bits per heavy atom. The Kier molecular flexibility index (Phi) is 3.97. The number of ether oxygens (including phenoxy) is 1. The van der Waals surface area contributed by atoms with Crippen LogP contribution in [0.3, 0.4) is 0 Å². The number of aryl methyl sites for hydroxylation is 1. The van der Waals surface area contributed by atoms with Gasteiger partial charge < -0.3 is 14.6 Å². The lowest BCUT2D eigenvalue weighted by Crippen LogP contribution is -2.19. The van der Waals surface area contributed by atoms with Crippen LogP contribution in [0.2, 0.25) is 0 Å². The average Bonchev–Trinajstić information content (AvgIpc) is 2.73. The van der Waals surface area contributed by atoms with Crippen molar-refractivity contribution in [1.29, 1.82) is 0 Å². The maximum atomic E-state index is 5.49. The lowest BCUT2D eigenvalue weighted by molar-refractivity contribution is 0.144. The fourth-order valence-electron chi connectivity index (χ4n) is 2.54. The first-order valence-corrected chi connectivity index (χ1v) is 7.11. The first-order valence-electron chi connectivity index (χ1n) is 7.11. The molecule has 1 unspecified atom stereocenters. The summed E-state index contributed by atoms with van der Waals surface area (Å²) < 4.78 is 7.41. The molecule has 0 amide bonds. The molecule has 1 saturated heterocycles. The molecule has 1 N–H and O–H groups in total. The van der Waals surface area contributed by atoms with Crippen LogP contribution in [0.1, 0.15) is 19.3 Å². The van der Waals surface area contributed by atoms with E-state index in [1.54, 1.807) is 6.33 Å². The Labute approximate surface area is 119 Å². The summed E-state index contributed by atoms with van der Waals surface area (Å²) in [7, 11) is 1.95. The number of nitrogens with zero attached hydrogens (tertiary/aromatic N) is 3. The van der Waals surface area contributed by atoms with Crippen molar-refractivity contribution in [3.63, 3.8) is 0 Å². The van der Waals surface area contributed by atoms with Crippen molar-refractivity contribution >= 4 is 5.69 Å². The number of rotatable bonds is 3. The van der Waals surface area contributed by atoms with Gasteiger partial charge in [-0.25, -0.2) is 0 Å². The van der Waals surface area contributed by atoms with Crippen LogP contribution >= 0.6 is 0 Å². The van der Waals surface area contributed by atoms with E-state index in [9.17, 15) is 0 Å². The van der Waals surface area contributed by atoms with Crippen molar-refractivity contribution in [2.45, 2.75) is 25.3 Å². The predicted molar refractivity (Wildman–Crippen MR) is 78.5 cm³/mol. The Hall–Kier alpha value is -1.88. The van der Waals surface area contributed by atoms with Crippen molar-refractivity contribution in [2.24, 2.45) is 7.05 Å². The zero-order valence-corrected chi connectivity index (χ0v) is 11.7. The molecule has 1 aliphatic rings. The van der Waals surface area contributed by atoms with Gasteiger partial charge in [-0.15, -0.1) is 10.2 Å². The van der Waals surface area contributed by atoms with Crippen LogP contribution in [0.15, 0.2) is 30.6 Å². The highest BCUT2D eigenvalue weighted by atomic mass is 16.5. The van der Waals surface area contributed by atoms with E-state index < -0.39 is 0 Å². The molecular weight excluding hydrogens is 252 g/mol. The second-order valence-corrected chi connectivity index (χ2v) is 5.23. The fraction of sp³-hybridized carbons (Fsp3) is 0.467. The van der Waals surface area contributed by atoms with Crippen LogP contribution < -0.4 is 5.32 Å². The summed E-state index contributed by atoms with van der Waals surface area (Å²) in [5.41, 5.74) is 2.24. The largest absolute Gasteiger partial charge is 0.382 e. The molecule has 1 aliphatic heterocycles. The molecule has 0 aliphatic carbocycles. The Balaban J connectivity index is 1.68. The second-order valence-electron chi connectivity index (χ2n) is 5.23. The summed E-state index contributed by atoms with van der Waals surface area (Å²) in [5.74, 6) is 0.888. The molecule has 0 saturated carbocycles. The molecule has 2 heterocycles. The van der Waals surface area contributed by atoms with E-state index in [1.807, 2.05) is 11.6 Å². The fourth-order valence-corrected chi connectivity index (χ4v) is 2.54. The van der Waals surface area contributed by atoms with Gasteiger partial charge >= 0.3 is 0 Å². The third-order valence-corrected chi connectivity index (χ3v) is 3.68. The summed E-state index contributed by atoms with van der Waals surface area (Å²) in [6, 6.07) is 8.89. The Bertz CT molecular complexity index is 541. The standard InChI is InChI=1S/C15H20N4O/c1-19-11-16-18-15(19)12-4-6-14(7-5-12)17-13-3-2-9-20-10-8-13/h4-7,11,13,17H,2-3,8-10H2,1H3. The molecule has 0 bridgehead atoms. The third-order valence-electron chi connectivity index (χ3n) is 3.68. The molecule has 20 heavy (non-hydrogen) atoms. The second kappa shape index (κ2) is 6.05. The molecule has 5 nitrogen and oxygen atoms in total. The molecule has 0 spiro atoms. The molecule has 1 aromatic heterocycles. The normalized spacial score (nSPS) is 19.6. The van der Waals surface area contributed by atoms with E-state index in [1.165, 1.54) is 6.42 Å². The summed E-state index contributed by atoms with van der Waals surface area (Å²) >= 11 is 0. The summed E-state index contributed by atoms with van der Waals surface area (Å²) in [5, 5.41) is 11.6. The van der Waals surface area contributed by atoms with Gasteiger partial charge in [-0.2, -0.15) is 0 Å². The molecule has 1 fully saturated rings. The van der Waals surface area contributed by atoms with Crippen molar-refractivity contribution in [2.75, 3.05) is 18.5 Å². The average molecular weight is 272 g/mol. The molecule has 0 radical (unpaired) electrons. The van der Waals surface area contributed by atoms with Crippen molar-refractivity contribution in [3.05, 3.63) is 30.6 Å². The highest BCUT2D eigenvalue weighted by Gasteiger charge is 2.12. The number of hydrogen-bond acceptors (Lipinski definition) is 4. The maximum Gasteiger partial charge on any atom is 0.163 e. The molecule has 2 aromatic rings. The first-order chi connectivity index (χ1) is 9.83. The van der Waals surface area contributed by atoms with Crippen molar-refractivity contribution in [3.8, 4) is 11.4 Å². The SMILES string of the molecule is Cn1cnnc1-c1ccc(NC2CCCOCC2)cc1. The van der Waals surface area contributed by atoms with E-state index in [4.69, 9.17) is 4.74 Å². The van der Waals surface area contributed by atoms with Gasteiger partial charge in [0.05, 0.1) is 0 Å². The van der Waals surface area contributed by atoms with Crippen molar-refractivity contribution in [1.82, 2.24) is 14.8 Å². The van der Waals surface area contributed by atoms with Gasteiger partial charge in [0.25, 0.3) is 0 Å². The molecule has 1 atom stereocenters. The summed E-state index contributed by atoms with van der Waals surface area (Å²) in [6.07, 6.45) is 5.10. The van der Waals surface area contributed by atoms with E-state index in [0.29, 0.717) is 6.04 Å². The monoisotopic (exact) mass is 272 g/mol. The zero-order chi connectivity index (χ0) is 13.8. The highest BCUT2D eigenvalue weighted by molar-refractivity contribution is 5.59. The smallest absolute Gasteiger partial charge is 0.163 e. The third kappa shape index (κ3) is 2.99. The molecule has 106 valence electrons. The van der Waals surface area contributed by atoms with Crippen LogP contribution in [-0.2, 0) is 11.8 Å².